The van der Waals surface area contributed by atoms with Gasteiger partial charge in [-0.05, 0) is 46.5 Å². The molecule has 212 valence electrons. The van der Waals surface area contributed by atoms with E-state index in [1.807, 2.05) is 97.1 Å². The van der Waals surface area contributed by atoms with Crippen LogP contribution in [0.15, 0.2) is 115 Å². The van der Waals surface area contributed by atoms with Crippen LogP contribution in [0, 0.1) is 0 Å². The van der Waals surface area contributed by atoms with Crippen molar-refractivity contribution >= 4 is 51.5 Å². The second kappa shape index (κ2) is 13.5. The summed E-state index contributed by atoms with van der Waals surface area (Å²) in [6.07, 6.45) is 0.500. The molecule has 0 bridgehead atoms. The summed E-state index contributed by atoms with van der Waals surface area (Å²) in [6.45, 7) is -0.0243. The quantitative estimate of drug-likeness (QED) is 0.177. The maximum absolute atomic E-state index is 13.9. The van der Waals surface area contributed by atoms with Gasteiger partial charge in [0.05, 0.1) is 15.3 Å². The molecule has 5 aromatic rings. The third-order valence-corrected chi connectivity index (χ3v) is 8.31. The Hall–Kier alpha value is -4.46. The van der Waals surface area contributed by atoms with Crippen LogP contribution in [0.2, 0.25) is 4.34 Å². The van der Waals surface area contributed by atoms with E-state index in [1.54, 1.807) is 18.2 Å². The van der Waals surface area contributed by atoms with Gasteiger partial charge in [-0.15, -0.1) is 11.3 Å². The summed E-state index contributed by atoms with van der Waals surface area (Å²) in [7, 11) is 0. The first-order valence-corrected chi connectivity index (χ1v) is 14.7. The van der Waals surface area contributed by atoms with Gasteiger partial charge in [0.25, 0.3) is 11.8 Å². The lowest BCUT2D eigenvalue weighted by molar-refractivity contribution is -0.142. The van der Waals surface area contributed by atoms with E-state index >= 15 is 0 Å². The Labute approximate surface area is 253 Å². The third kappa shape index (κ3) is 7.05. The summed E-state index contributed by atoms with van der Waals surface area (Å²) in [6, 6.07) is 33.5. The molecule has 1 heterocycles. The lowest BCUT2D eigenvalue weighted by atomic mass is 10.00. The van der Waals surface area contributed by atoms with Crippen LogP contribution in [-0.2, 0) is 17.6 Å². The number of halogens is 1. The van der Waals surface area contributed by atoms with Crippen molar-refractivity contribution in [3.05, 3.63) is 141 Å². The monoisotopic (exact) mass is 596 g/mol. The molecule has 2 atom stereocenters. The molecule has 0 radical (unpaired) electrons. The number of nitrogens with zero attached hydrogens (tertiary/aromatic N) is 1. The average Bonchev–Trinajstić information content (AvgIpc) is 3.45. The fourth-order valence-corrected chi connectivity index (χ4v) is 6.07. The Morgan fingerprint density at radius 2 is 1.38 bits per heavy atom. The topological polar surface area (TPSA) is 86.7 Å². The highest BCUT2D eigenvalue weighted by molar-refractivity contribution is 7.18. The lowest BCUT2D eigenvalue weighted by Gasteiger charge is -2.33. The number of fused-ring (bicyclic) bond motifs is 1. The number of thiophene rings is 1. The number of benzene rings is 4. The number of carbonyl (C=O) groups excluding carboxylic acids is 2. The fraction of sp³-hybridized carbons (Fsp3) is 0.147. The minimum absolute atomic E-state index is 0.0243. The van der Waals surface area contributed by atoms with Crippen LogP contribution in [0.4, 0.5) is 0 Å². The molecule has 6 nitrogen and oxygen atoms in total. The van der Waals surface area contributed by atoms with Crippen molar-refractivity contribution in [2.45, 2.75) is 24.9 Å². The predicted octanol–water partition coefficient (Wildman–Crippen LogP) is 6.73. The van der Waals surface area contributed by atoms with Gasteiger partial charge in [-0.1, -0.05) is 109 Å². The SMILES string of the molecule is O=C(NC(Cc1ccccc1)CN(C(=O)c1ccc(Cl)s1)C(Cc1ccccc1)C(=O)O)c1cccc2ccccc12. The normalized spacial score (nSPS) is 12.4. The second-order valence-electron chi connectivity index (χ2n) is 9.99. The van der Waals surface area contributed by atoms with Crippen molar-refractivity contribution in [3.63, 3.8) is 0 Å². The smallest absolute Gasteiger partial charge is 0.326 e. The number of carbonyl (C=O) groups is 3. The predicted molar refractivity (Wildman–Crippen MR) is 167 cm³/mol. The lowest BCUT2D eigenvalue weighted by Crippen LogP contribution is -2.53. The summed E-state index contributed by atoms with van der Waals surface area (Å²) in [4.78, 5) is 42.0. The second-order valence-corrected chi connectivity index (χ2v) is 11.7. The molecule has 5 rings (SSSR count). The zero-order valence-electron chi connectivity index (χ0n) is 22.7. The molecule has 4 aromatic carbocycles. The van der Waals surface area contributed by atoms with E-state index in [2.05, 4.69) is 5.32 Å². The van der Waals surface area contributed by atoms with Crippen molar-refractivity contribution in [2.24, 2.45) is 0 Å². The van der Waals surface area contributed by atoms with E-state index in [0.717, 1.165) is 33.2 Å². The molecule has 0 saturated carbocycles. The number of carboxylic acid groups (broad SMARTS) is 1. The highest BCUT2D eigenvalue weighted by Gasteiger charge is 2.34. The molecular formula is C34H29ClN2O4S. The summed E-state index contributed by atoms with van der Waals surface area (Å²) in [5, 5.41) is 15.3. The van der Waals surface area contributed by atoms with Crippen LogP contribution in [0.5, 0.6) is 0 Å². The highest BCUT2D eigenvalue weighted by atomic mass is 35.5. The number of rotatable bonds is 11. The van der Waals surface area contributed by atoms with Gasteiger partial charge in [-0.3, -0.25) is 9.59 Å². The molecule has 2 N–H and O–H groups in total. The Morgan fingerprint density at radius 1 is 0.762 bits per heavy atom. The highest BCUT2D eigenvalue weighted by Crippen LogP contribution is 2.25. The molecule has 0 aliphatic carbocycles. The number of aliphatic carboxylic acids is 1. The zero-order chi connectivity index (χ0) is 29.5. The zero-order valence-corrected chi connectivity index (χ0v) is 24.2. The molecule has 0 aliphatic heterocycles. The van der Waals surface area contributed by atoms with E-state index in [1.165, 1.54) is 4.90 Å². The first-order chi connectivity index (χ1) is 20.4. The van der Waals surface area contributed by atoms with Gasteiger partial charge in [0.1, 0.15) is 6.04 Å². The first kappa shape index (κ1) is 29.0. The average molecular weight is 597 g/mol. The standard InChI is InChI=1S/C34H29ClN2O4S/c35-31-19-18-30(42-31)33(39)37(29(34(40)41)21-24-12-5-2-6-13-24)22-26(20-23-10-3-1-4-11-23)36-32(38)28-17-9-15-25-14-7-8-16-27(25)28/h1-19,26,29H,20-22H2,(H,36,38)(H,40,41). The molecule has 1 aromatic heterocycles. The number of nitrogens with one attached hydrogen (secondary N) is 1. The Morgan fingerprint density at radius 3 is 2.02 bits per heavy atom. The van der Waals surface area contributed by atoms with Crippen LogP contribution in [0.3, 0.4) is 0 Å². The third-order valence-electron chi connectivity index (χ3n) is 7.09. The minimum atomic E-state index is -1.17. The van der Waals surface area contributed by atoms with Gasteiger partial charge in [0.15, 0.2) is 0 Å². The van der Waals surface area contributed by atoms with E-state index in [4.69, 9.17) is 11.6 Å². The summed E-state index contributed by atoms with van der Waals surface area (Å²) < 4.78 is 0.429. The Bertz CT molecular complexity index is 1680. The van der Waals surface area contributed by atoms with Gasteiger partial charge in [0, 0.05) is 18.5 Å². The molecule has 2 amide bonds. The van der Waals surface area contributed by atoms with E-state index < -0.39 is 24.0 Å². The Kier molecular flexibility index (Phi) is 9.31. The molecule has 0 fully saturated rings. The van der Waals surface area contributed by atoms with Gasteiger partial charge < -0.3 is 15.3 Å². The first-order valence-electron chi connectivity index (χ1n) is 13.5. The van der Waals surface area contributed by atoms with Crippen molar-refractivity contribution in [1.29, 1.82) is 0 Å². The van der Waals surface area contributed by atoms with Crippen LogP contribution in [-0.4, -0.2) is 46.4 Å². The Balaban J connectivity index is 1.51. The van der Waals surface area contributed by atoms with Crippen molar-refractivity contribution in [2.75, 3.05) is 6.54 Å². The van der Waals surface area contributed by atoms with Crippen molar-refractivity contribution in [3.8, 4) is 0 Å². The molecule has 8 heteroatoms. The summed E-state index contributed by atoms with van der Waals surface area (Å²) in [5.74, 6) is -1.88. The van der Waals surface area contributed by atoms with E-state index in [9.17, 15) is 19.5 Å². The number of amides is 2. The van der Waals surface area contributed by atoms with Crippen LogP contribution < -0.4 is 5.32 Å². The largest absolute Gasteiger partial charge is 0.480 e. The molecular weight excluding hydrogens is 568 g/mol. The fourth-order valence-electron chi connectivity index (χ4n) is 5.07. The van der Waals surface area contributed by atoms with Crippen molar-refractivity contribution in [1.82, 2.24) is 10.2 Å². The van der Waals surface area contributed by atoms with E-state index in [-0.39, 0.29) is 18.9 Å². The molecule has 0 spiro atoms. The van der Waals surface area contributed by atoms with Crippen LogP contribution in [0.1, 0.15) is 31.2 Å². The van der Waals surface area contributed by atoms with Gasteiger partial charge in [0.2, 0.25) is 0 Å². The van der Waals surface area contributed by atoms with Crippen LogP contribution >= 0.6 is 22.9 Å². The molecule has 2 unspecified atom stereocenters. The van der Waals surface area contributed by atoms with E-state index in [0.29, 0.717) is 21.2 Å². The van der Waals surface area contributed by atoms with Gasteiger partial charge in [-0.25, -0.2) is 4.79 Å². The molecule has 0 saturated heterocycles. The van der Waals surface area contributed by atoms with Gasteiger partial charge >= 0.3 is 5.97 Å². The number of carboxylic acids is 1. The molecule has 42 heavy (non-hydrogen) atoms. The van der Waals surface area contributed by atoms with Gasteiger partial charge in [-0.2, -0.15) is 0 Å². The number of hydrogen-bond acceptors (Lipinski definition) is 4. The minimum Gasteiger partial charge on any atom is -0.480 e. The summed E-state index contributed by atoms with van der Waals surface area (Å²) >= 11 is 7.25. The maximum Gasteiger partial charge on any atom is 0.326 e. The number of hydrogen-bond donors (Lipinski definition) is 2. The van der Waals surface area contributed by atoms with Crippen molar-refractivity contribution < 1.29 is 19.5 Å². The maximum atomic E-state index is 13.9. The summed E-state index contributed by atoms with van der Waals surface area (Å²) in [5.41, 5.74) is 2.24. The molecule has 0 aliphatic rings. The van der Waals surface area contributed by atoms with Crippen LogP contribution in [0.25, 0.3) is 10.8 Å².